The van der Waals surface area contributed by atoms with Crippen LogP contribution in [0, 0.1) is 23.5 Å². The first kappa shape index (κ1) is 45.2. The number of nitrogens with zero attached hydrogens (tertiary/aromatic N) is 4. The maximum absolute atomic E-state index is 9.53. The van der Waals surface area contributed by atoms with E-state index in [0.717, 1.165) is 50.1 Å². The number of hydrogen-bond acceptors (Lipinski definition) is 4. The van der Waals surface area contributed by atoms with Gasteiger partial charge in [-0.1, -0.05) is 111 Å². The van der Waals surface area contributed by atoms with Crippen LogP contribution in [0.5, 0.6) is 0 Å². The van der Waals surface area contributed by atoms with Crippen LogP contribution in [0.3, 0.4) is 0 Å². The third-order valence-electron chi connectivity index (χ3n) is 11.9. The van der Waals surface area contributed by atoms with Gasteiger partial charge >= 0.3 is 99.8 Å². The average Bonchev–Trinajstić information content (AvgIpc) is 3.90. The fraction of sp³-hybridized carbons (Fsp3) is 0.155. The third-order valence-corrected chi connectivity index (χ3v) is 16.2. The van der Waals surface area contributed by atoms with E-state index in [4.69, 9.17) is 9.40 Å². The standard InChI is InChI=1S/C44H34N3O.C14H16GeN.Ir/c1-27(2)37-24-33(32-20-18-31(19-21-32)30-11-6-5-7-12-30)25-38(28(3)4)42(37)47-40-16-9-8-15-39(40)46-44(47)36-14-10-13-35-34-22-17-29(26-45)23-41(34)48-43(35)36;1-15(2,3)13-9-10-14(16-11-13)12-7-5-4-6-8-12;/h5-13,15-25,27-28H,1-4H3;4-7,9-11H,1-3H3;/q2*-1;. The summed E-state index contributed by atoms with van der Waals surface area (Å²) in [6, 6.07) is 63.3. The van der Waals surface area contributed by atoms with E-state index in [1.165, 1.54) is 37.8 Å². The Morgan fingerprint density at radius 2 is 1.31 bits per heavy atom. The molecule has 10 aromatic rings. The number of para-hydroxylation sites is 2. The van der Waals surface area contributed by atoms with Crippen molar-refractivity contribution in [1.29, 1.82) is 5.26 Å². The van der Waals surface area contributed by atoms with Crippen molar-refractivity contribution in [1.82, 2.24) is 14.5 Å². The summed E-state index contributed by atoms with van der Waals surface area (Å²) in [6.45, 7) is 9.07. The number of pyridine rings is 1. The molecule has 0 spiro atoms. The number of benzene rings is 7. The van der Waals surface area contributed by atoms with Crippen molar-refractivity contribution in [3.63, 3.8) is 0 Å². The molecule has 0 unspecified atom stereocenters. The zero-order chi connectivity index (χ0) is 44.5. The zero-order valence-corrected chi connectivity index (χ0v) is 42.3. The Morgan fingerprint density at radius 1 is 0.646 bits per heavy atom. The van der Waals surface area contributed by atoms with Crippen molar-refractivity contribution in [3.05, 3.63) is 193 Å². The van der Waals surface area contributed by atoms with Gasteiger partial charge in [0.15, 0.2) is 0 Å². The summed E-state index contributed by atoms with van der Waals surface area (Å²) in [7, 11) is 0. The second-order valence-corrected chi connectivity index (χ2v) is 28.6. The smallest absolute Gasteiger partial charge is 0 e. The number of aromatic nitrogens is 3. The monoisotopic (exact) mass is 1090 g/mol. The maximum atomic E-state index is 9.53. The average molecular weight is 1080 g/mol. The third kappa shape index (κ3) is 9.15. The van der Waals surface area contributed by atoms with Crippen molar-refractivity contribution in [2.75, 3.05) is 0 Å². The first-order valence-corrected chi connectivity index (χ1v) is 29.4. The second kappa shape index (κ2) is 19.0. The molecule has 7 aromatic carbocycles. The van der Waals surface area contributed by atoms with Gasteiger partial charge in [-0.2, -0.15) is 5.26 Å². The second-order valence-electron chi connectivity index (χ2n) is 18.0. The van der Waals surface area contributed by atoms with Crippen molar-refractivity contribution in [3.8, 4) is 56.7 Å². The number of fused-ring (bicyclic) bond motifs is 4. The van der Waals surface area contributed by atoms with Gasteiger partial charge in [-0.25, -0.2) is 0 Å². The van der Waals surface area contributed by atoms with Gasteiger partial charge in [-0.3, -0.25) is 4.98 Å². The predicted octanol–water partition coefficient (Wildman–Crippen LogP) is 14.9. The zero-order valence-electron chi connectivity index (χ0n) is 37.8. The van der Waals surface area contributed by atoms with E-state index >= 15 is 0 Å². The number of furan rings is 1. The molecule has 0 aliphatic carbocycles. The van der Waals surface area contributed by atoms with Gasteiger partial charge in [0.2, 0.25) is 0 Å². The molecule has 0 atom stereocenters. The van der Waals surface area contributed by atoms with Gasteiger partial charge in [0.1, 0.15) is 5.58 Å². The molecule has 0 saturated carbocycles. The summed E-state index contributed by atoms with van der Waals surface area (Å²) in [5, 5.41) is 11.5. The number of rotatable bonds is 8. The minimum absolute atomic E-state index is 0. The Hall–Kier alpha value is -6.36. The molecule has 65 heavy (non-hydrogen) atoms. The van der Waals surface area contributed by atoms with E-state index in [9.17, 15) is 5.26 Å². The van der Waals surface area contributed by atoms with Crippen LogP contribution < -0.4 is 4.40 Å². The minimum atomic E-state index is -1.72. The summed E-state index contributed by atoms with van der Waals surface area (Å²) in [5.74, 6) is 8.41. The van der Waals surface area contributed by atoms with Crippen molar-refractivity contribution in [2.45, 2.75) is 56.8 Å². The first-order chi connectivity index (χ1) is 31.0. The van der Waals surface area contributed by atoms with Gasteiger partial charge in [0, 0.05) is 31.2 Å². The fourth-order valence-electron chi connectivity index (χ4n) is 8.42. The van der Waals surface area contributed by atoms with Crippen LogP contribution >= 0.6 is 0 Å². The van der Waals surface area contributed by atoms with Crippen LogP contribution in [0.25, 0.3) is 83.6 Å². The van der Waals surface area contributed by atoms with Crippen LogP contribution in [0.1, 0.15) is 56.2 Å². The van der Waals surface area contributed by atoms with E-state index in [-0.39, 0.29) is 31.9 Å². The molecule has 5 nitrogen and oxygen atoms in total. The fourth-order valence-corrected chi connectivity index (χ4v) is 10.6. The molecular formula is C58H50GeIrN4O-2. The molecule has 7 heteroatoms. The van der Waals surface area contributed by atoms with Crippen LogP contribution in [0.4, 0.5) is 0 Å². The number of imidazole rings is 1. The quantitative estimate of drug-likeness (QED) is 0.112. The van der Waals surface area contributed by atoms with Gasteiger partial charge in [-0.05, 0) is 81.6 Å². The molecule has 1 radical (unpaired) electrons. The van der Waals surface area contributed by atoms with Gasteiger partial charge in [0.05, 0.1) is 34.1 Å². The van der Waals surface area contributed by atoms with Crippen LogP contribution in [0.15, 0.2) is 168 Å². The van der Waals surface area contributed by atoms with Crippen LogP contribution in [-0.2, 0) is 20.1 Å². The number of nitriles is 1. The van der Waals surface area contributed by atoms with E-state index in [0.29, 0.717) is 16.7 Å². The molecule has 0 aliphatic rings. The van der Waals surface area contributed by atoms with Crippen molar-refractivity contribution >= 4 is 50.6 Å². The molecule has 3 aromatic heterocycles. The van der Waals surface area contributed by atoms with Crippen molar-refractivity contribution in [2.24, 2.45) is 0 Å². The van der Waals surface area contributed by atoms with E-state index in [2.05, 4.69) is 170 Å². The molecule has 323 valence electrons. The Kier molecular flexibility index (Phi) is 13.2. The van der Waals surface area contributed by atoms with Crippen LogP contribution in [0.2, 0.25) is 17.3 Å². The van der Waals surface area contributed by atoms with Crippen molar-refractivity contribution < 1.29 is 24.5 Å². The Balaban J connectivity index is 0.000000287. The largest absolute Gasteiger partial charge is 0 e. The van der Waals surface area contributed by atoms with Gasteiger partial charge in [-0.15, -0.1) is 18.2 Å². The Morgan fingerprint density at radius 3 is 1.94 bits per heavy atom. The molecule has 0 saturated heterocycles. The molecule has 3 heterocycles. The molecule has 0 aliphatic heterocycles. The molecule has 0 bridgehead atoms. The first-order valence-electron chi connectivity index (χ1n) is 22.0. The van der Waals surface area contributed by atoms with Crippen LogP contribution in [-0.4, -0.2) is 27.8 Å². The molecular weight excluding hydrogens is 1030 g/mol. The molecule has 0 amide bonds. The Bertz CT molecular complexity index is 3270. The molecule has 10 rings (SSSR count). The summed E-state index contributed by atoms with van der Waals surface area (Å²) < 4.78 is 10.3. The Labute approximate surface area is 398 Å². The normalized spacial score (nSPS) is 11.4. The molecule has 0 fully saturated rings. The maximum Gasteiger partial charge on any atom is 0 e. The minimum Gasteiger partial charge on any atom is 0 e. The number of hydrogen-bond donors (Lipinski definition) is 0. The summed E-state index contributed by atoms with van der Waals surface area (Å²) in [4.78, 5) is 9.78. The van der Waals surface area contributed by atoms with E-state index in [1.54, 1.807) is 6.07 Å². The molecule has 0 N–H and O–H groups in total. The summed E-state index contributed by atoms with van der Waals surface area (Å²) >= 11 is -1.72. The predicted molar refractivity (Wildman–Crippen MR) is 268 cm³/mol. The van der Waals surface area contributed by atoms with Gasteiger partial charge in [0.25, 0.3) is 0 Å². The van der Waals surface area contributed by atoms with E-state index < -0.39 is 13.3 Å². The van der Waals surface area contributed by atoms with Gasteiger partial charge < -0.3 is 8.98 Å². The van der Waals surface area contributed by atoms with E-state index in [1.807, 2.05) is 60.8 Å². The summed E-state index contributed by atoms with van der Waals surface area (Å²) in [5.41, 5.74) is 15.3. The topological polar surface area (TPSA) is 67.6 Å². The SMILES string of the molecule is CC(C)c1cc(-c2ccc(-c3ccccc3)cc2)cc(C(C)C)c1-n1c(-c2[c-]ccc3c2oc2cc(C#N)ccc23)nc2ccccc21.[CH3][Ge]([CH3])([CH3])[c]1ccc(-c2[c-]cccc2)nc1.[Ir]. The summed E-state index contributed by atoms with van der Waals surface area (Å²) in [6.07, 6.45) is 2.04.